The van der Waals surface area contributed by atoms with E-state index >= 15 is 0 Å². The highest BCUT2D eigenvalue weighted by Crippen LogP contribution is 2.36. The van der Waals surface area contributed by atoms with Gasteiger partial charge in [-0.05, 0) is 49.6 Å². The van der Waals surface area contributed by atoms with Gasteiger partial charge in [-0.3, -0.25) is 4.79 Å². The molecule has 0 radical (unpaired) electrons. The van der Waals surface area contributed by atoms with Gasteiger partial charge in [0.05, 0.1) is 18.1 Å². The minimum atomic E-state index is -4.48. The van der Waals surface area contributed by atoms with E-state index in [1.807, 2.05) is 31.2 Å². The molecule has 0 aliphatic carbocycles. The van der Waals surface area contributed by atoms with Crippen LogP contribution in [0.25, 0.3) is 0 Å². The molecule has 1 aromatic carbocycles. The highest BCUT2D eigenvalue weighted by Gasteiger charge is 2.37. The van der Waals surface area contributed by atoms with Crippen LogP contribution < -0.4 is 9.64 Å². The number of nitrogens with zero attached hydrogens (tertiary/aromatic N) is 3. The molecule has 162 valence electrons. The first-order valence-corrected chi connectivity index (χ1v) is 10.0. The van der Waals surface area contributed by atoms with E-state index in [9.17, 15) is 18.0 Å². The molecule has 1 aliphatic heterocycles. The van der Waals surface area contributed by atoms with Crippen LogP contribution in [0, 0.1) is 5.92 Å². The van der Waals surface area contributed by atoms with E-state index in [1.165, 1.54) is 12.3 Å². The normalized spacial score (nSPS) is 17.0. The highest BCUT2D eigenvalue weighted by atomic mass is 19.4. The number of benzene rings is 1. The summed E-state index contributed by atoms with van der Waals surface area (Å²) in [5.41, 5.74) is 0.201. The van der Waals surface area contributed by atoms with E-state index in [4.69, 9.17) is 4.74 Å². The molecule has 1 unspecified atom stereocenters. The van der Waals surface area contributed by atoms with Crippen molar-refractivity contribution in [1.82, 2.24) is 9.88 Å². The number of pyridine rings is 1. The van der Waals surface area contributed by atoms with Gasteiger partial charge in [-0.15, -0.1) is 0 Å². The predicted octanol–water partition coefficient (Wildman–Crippen LogP) is 4.37. The smallest absolute Gasteiger partial charge is 0.419 e. The van der Waals surface area contributed by atoms with Crippen LogP contribution >= 0.6 is 0 Å². The summed E-state index contributed by atoms with van der Waals surface area (Å²) in [6.07, 6.45) is -1.84. The maximum atomic E-state index is 13.4. The van der Waals surface area contributed by atoms with Crippen LogP contribution in [0.15, 0.2) is 42.6 Å². The lowest BCUT2D eigenvalue weighted by molar-refractivity contribution is -0.137. The van der Waals surface area contributed by atoms with Gasteiger partial charge in [-0.25, -0.2) is 4.98 Å². The average Bonchev–Trinajstić information content (AvgIpc) is 2.74. The molecule has 2 aromatic rings. The molecule has 3 rings (SSSR count). The minimum absolute atomic E-state index is 0.0712. The van der Waals surface area contributed by atoms with E-state index in [0.29, 0.717) is 32.5 Å². The van der Waals surface area contributed by atoms with Crippen molar-refractivity contribution < 1.29 is 22.7 Å². The number of rotatable bonds is 6. The molecule has 5 nitrogen and oxygen atoms in total. The minimum Gasteiger partial charge on any atom is -0.494 e. The van der Waals surface area contributed by atoms with Gasteiger partial charge in [0.25, 0.3) is 0 Å². The Morgan fingerprint density at radius 3 is 2.67 bits per heavy atom. The van der Waals surface area contributed by atoms with Crippen molar-refractivity contribution in [3.05, 3.63) is 53.7 Å². The predicted molar refractivity (Wildman–Crippen MR) is 108 cm³/mol. The number of anilines is 1. The fourth-order valence-electron chi connectivity index (χ4n) is 3.76. The van der Waals surface area contributed by atoms with Crippen molar-refractivity contribution in [1.29, 1.82) is 0 Å². The Hall–Kier alpha value is -2.77. The Morgan fingerprint density at radius 2 is 2.00 bits per heavy atom. The zero-order valence-electron chi connectivity index (χ0n) is 17.2. The molecule has 1 fully saturated rings. The van der Waals surface area contributed by atoms with Crippen LogP contribution in [0.1, 0.15) is 30.9 Å². The molecule has 0 spiro atoms. The molecule has 8 heteroatoms. The van der Waals surface area contributed by atoms with Crippen molar-refractivity contribution in [2.45, 2.75) is 32.5 Å². The number of hydrogen-bond acceptors (Lipinski definition) is 4. The Bertz CT molecular complexity index is 855. The second-order valence-corrected chi connectivity index (χ2v) is 7.43. The van der Waals surface area contributed by atoms with Gasteiger partial charge >= 0.3 is 6.18 Å². The number of ether oxygens (including phenoxy) is 1. The lowest BCUT2D eigenvalue weighted by atomic mass is 9.96. The summed E-state index contributed by atoms with van der Waals surface area (Å²) in [4.78, 5) is 20.1. The fraction of sp³-hybridized carbons (Fsp3) is 0.455. The molecule has 1 amide bonds. The third kappa shape index (κ3) is 5.23. The van der Waals surface area contributed by atoms with Crippen molar-refractivity contribution in [3.8, 4) is 5.75 Å². The third-order valence-electron chi connectivity index (χ3n) is 5.19. The number of hydrogen-bond donors (Lipinski definition) is 0. The lowest BCUT2D eigenvalue weighted by Gasteiger charge is -2.35. The van der Waals surface area contributed by atoms with Crippen LogP contribution in [0.2, 0.25) is 0 Å². The van der Waals surface area contributed by atoms with Crippen LogP contribution in [0.3, 0.4) is 0 Å². The summed E-state index contributed by atoms with van der Waals surface area (Å²) in [7, 11) is 1.72. The number of amides is 1. The lowest BCUT2D eigenvalue weighted by Crippen LogP contribution is -2.44. The van der Waals surface area contributed by atoms with Crippen LogP contribution in [0.4, 0.5) is 19.0 Å². The summed E-state index contributed by atoms with van der Waals surface area (Å²) < 4.78 is 45.5. The first-order valence-electron chi connectivity index (χ1n) is 10.0. The van der Waals surface area contributed by atoms with Gasteiger partial charge in [0.1, 0.15) is 11.6 Å². The first-order chi connectivity index (χ1) is 14.3. The standard InChI is InChI=1S/C22H26F3N3O2/c1-3-30-18-10-8-16(9-11-18)14-27(2)21(29)17-6-5-13-28(15-17)20-19(22(23,24)25)7-4-12-26-20/h4,7-12,17H,3,5-6,13-15H2,1-2H3. The highest BCUT2D eigenvalue weighted by molar-refractivity contribution is 5.79. The van der Waals surface area contributed by atoms with E-state index in [2.05, 4.69) is 4.98 Å². The Balaban J connectivity index is 1.67. The SMILES string of the molecule is CCOc1ccc(CN(C)C(=O)C2CCCN(c3ncccc3C(F)(F)F)C2)cc1. The molecule has 1 aliphatic rings. The van der Waals surface area contributed by atoms with Crippen LogP contribution in [0.5, 0.6) is 5.75 Å². The Kier molecular flexibility index (Phi) is 6.84. The molecule has 0 bridgehead atoms. The zero-order valence-corrected chi connectivity index (χ0v) is 17.2. The Labute approximate surface area is 174 Å². The molecule has 0 saturated carbocycles. The molecular formula is C22H26F3N3O2. The van der Waals surface area contributed by atoms with Crippen molar-refractivity contribution in [2.24, 2.45) is 5.92 Å². The summed E-state index contributed by atoms with van der Waals surface area (Å²) in [5.74, 6) is 0.235. The summed E-state index contributed by atoms with van der Waals surface area (Å²) in [5, 5.41) is 0. The molecule has 2 heterocycles. The molecule has 0 N–H and O–H groups in total. The van der Waals surface area contributed by atoms with Gasteiger partial charge in [0, 0.05) is 32.9 Å². The number of carbonyl (C=O) groups is 1. The van der Waals surface area contributed by atoms with E-state index in [1.54, 1.807) is 16.8 Å². The van der Waals surface area contributed by atoms with Crippen LogP contribution in [-0.4, -0.2) is 42.5 Å². The second kappa shape index (κ2) is 9.36. The maximum absolute atomic E-state index is 13.4. The van der Waals surface area contributed by atoms with Gasteiger partial charge in [0.15, 0.2) is 0 Å². The number of piperidine rings is 1. The van der Waals surface area contributed by atoms with Crippen molar-refractivity contribution in [2.75, 3.05) is 31.6 Å². The van der Waals surface area contributed by atoms with E-state index in [0.717, 1.165) is 17.4 Å². The van der Waals surface area contributed by atoms with Gasteiger partial charge in [0.2, 0.25) is 5.91 Å². The van der Waals surface area contributed by atoms with Crippen LogP contribution in [-0.2, 0) is 17.5 Å². The van der Waals surface area contributed by atoms with Gasteiger partial charge in [-0.2, -0.15) is 13.2 Å². The average molecular weight is 421 g/mol. The number of carbonyl (C=O) groups excluding carboxylic acids is 1. The first kappa shape index (κ1) is 21.9. The quantitative estimate of drug-likeness (QED) is 0.695. The Morgan fingerprint density at radius 1 is 1.27 bits per heavy atom. The molecular weight excluding hydrogens is 395 g/mol. The zero-order chi connectivity index (χ0) is 21.7. The summed E-state index contributed by atoms with van der Waals surface area (Å²) in [6, 6.07) is 9.85. The fourth-order valence-corrected chi connectivity index (χ4v) is 3.76. The number of halogens is 3. The molecule has 1 saturated heterocycles. The monoisotopic (exact) mass is 421 g/mol. The second-order valence-electron chi connectivity index (χ2n) is 7.43. The number of aromatic nitrogens is 1. The topological polar surface area (TPSA) is 45.7 Å². The van der Waals surface area contributed by atoms with E-state index in [-0.39, 0.29) is 24.2 Å². The van der Waals surface area contributed by atoms with E-state index < -0.39 is 11.7 Å². The largest absolute Gasteiger partial charge is 0.494 e. The van der Waals surface area contributed by atoms with Gasteiger partial charge in [-0.1, -0.05) is 12.1 Å². The van der Waals surface area contributed by atoms with Gasteiger partial charge < -0.3 is 14.5 Å². The van der Waals surface area contributed by atoms with Crippen molar-refractivity contribution in [3.63, 3.8) is 0 Å². The number of alkyl halides is 3. The molecule has 1 atom stereocenters. The molecule has 1 aromatic heterocycles. The summed E-state index contributed by atoms with van der Waals surface area (Å²) >= 11 is 0. The maximum Gasteiger partial charge on any atom is 0.419 e. The van der Waals surface area contributed by atoms with Crippen molar-refractivity contribution >= 4 is 11.7 Å². The third-order valence-corrected chi connectivity index (χ3v) is 5.19. The summed E-state index contributed by atoms with van der Waals surface area (Å²) in [6.45, 7) is 3.61. The molecule has 30 heavy (non-hydrogen) atoms.